The number of benzene rings is 1. The molecule has 0 spiro atoms. The third kappa shape index (κ3) is 1.55. The molecule has 3 rings (SSSR count). The molecule has 0 atom stereocenters. The van der Waals surface area contributed by atoms with Crippen molar-refractivity contribution in [3.8, 4) is 11.6 Å². The molecule has 4 heteroatoms. The summed E-state index contributed by atoms with van der Waals surface area (Å²) >= 11 is 5.81. The molecule has 3 aromatic rings. The monoisotopic (exact) mass is 230 g/mol. The Labute approximate surface area is 96.7 Å². The van der Waals surface area contributed by atoms with Gasteiger partial charge in [-0.15, -0.1) is 0 Å². The molecule has 2 heterocycles. The fourth-order valence-corrected chi connectivity index (χ4v) is 1.67. The molecule has 0 bridgehead atoms. The number of nitrogens with zero attached hydrogens (tertiary/aromatic N) is 2. The first-order valence-electron chi connectivity index (χ1n) is 4.81. The quantitative estimate of drug-likeness (QED) is 0.600. The van der Waals surface area contributed by atoms with Crippen molar-refractivity contribution in [2.75, 3.05) is 0 Å². The van der Waals surface area contributed by atoms with E-state index in [0.717, 1.165) is 11.1 Å². The predicted molar refractivity (Wildman–Crippen MR) is 62.3 cm³/mol. The van der Waals surface area contributed by atoms with Crippen LogP contribution in [0.1, 0.15) is 0 Å². The molecule has 0 aliphatic carbocycles. The lowest BCUT2D eigenvalue weighted by atomic mass is 10.3. The van der Waals surface area contributed by atoms with Crippen molar-refractivity contribution >= 4 is 22.7 Å². The number of fused-ring (bicyclic) bond motifs is 1. The number of aromatic nitrogens is 2. The standard InChI is InChI=1S/C12H7ClN2O/c13-11-7-3-5-9(14-11)12-15-8-4-1-2-6-10(8)16-12/h1-7H. The third-order valence-corrected chi connectivity index (χ3v) is 2.44. The molecule has 0 radical (unpaired) electrons. The predicted octanol–water partition coefficient (Wildman–Crippen LogP) is 3.54. The van der Waals surface area contributed by atoms with Gasteiger partial charge in [0.25, 0.3) is 0 Å². The first-order valence-corrected chi connectivity index (χ1v) is 5.19. The lowest BCUT2D eigenvalue weighted by Gasteiger charge is -1.93. The summed E-state index contributed by atoms with van der Waals surface area (Å²) in [5.41, 5.74) is 2.21. The first kappa shape index (κ1) is 9.36. The Morgan fingerprint density at radius 1 is 0.938 bits per heavy atom. The minimum absolute atomic E-state index is 0.430. The Hall–Kier alpha value is -1.87. The zero-order valence-corrected chi connectivity index (χ0v) is 8.98. The average Bonchev–Trinajstić information content (AvgIpc) is 2.72. The van der Waals surface area contributed by atoms with E-state index in [1.165, 1.54) is 0 Å². The molecule has 1 aromatic carbocycles. The van der Waals surface area contributed by atoms with E-state index in [-0.39, 0.29) is 0 Å². The van der Waals surface area contributed by atoms with Gasteiger partial charge < -0.3 is 4.42 Å². The van der Waals surface area contributed by atoms with Crippen molar-refractivity contribution in [2.45, 2.75) is 0 Å². The van der Waals surface area contributed by atoms with E-state index in [2.05, 4.69) is 9.97 Å². The Bertz CT molecular complexity index is 615. The van der Waals surface area contributed by atoms with Crippen molar-refractivity contribution in [3.05, 3.63) is 47.6 Å². The fraction of sp³-hybridized carbons (Fsp3) is 0. The zero-order chi connectivity index (χ0) is 11.0. The molecule has 0 saturated heterocycles. The third-order valence-electron chi connectivity index (χ3n) is 2.23. The van der Waals surface area contributed by atoms with Crippen LogP contribution in [-0.2, 0) is 0 Å². The summed E-state index contributed by atoms with van der Waals surface area (Å²) in [6.07, 6.45) is 0. The molecule has 0 amide bonds. The van der Waals surface area contributed by atoms with Crippen LogP contribution < -0.4 is 0 Å². The van der Waals surface area contributed by atoms with Gasteiger partial charge in [0.1, 0.15) is 16.4 Å². The average molecular weight is 231 g/mol. The smallest absolute Gasteiger partial charge is 0.246 e. The molecule has 0 unspecified atom stereocenters. The van der Waals surface area contributed by atoms with Gasteiger partial charge in [-0.1, -0.05) is 29.8 Å². The van der Waals surface area contributed by atoms with E-state index in [9.17, 15) is 0 Å². The highest BCUT2D eigenvalue weighted by Gasteiger charge is 2.08. The minimum Gasteiger partial charge on any atom is -0.435 e. The number of halogens is 1. The van der Waals surface area contributed by atoms with E-state index in [1.807, 2.05) is 36.4 Å². The molecule has 78 valence electrons. The maximum absolute atomic E-state index is 5.81. The van der Waals surface area contributed by atoms with Gasteiger partial charge >= 0.3 is 0 Å². The summed E-state index contributed by atoms with van der Waals surface area (Å²) in [7, 11) is 0. The SMILES string of the molecule is Clc1cccc(-c2nc3ccccc3o2)n1. The molecule has 16 heavy (non-hydrogen) atoms. The van der Waals surface area contributed by atoms with Gasteiger partial charge in [-0.25, -0.2) is 9.97 Å². The van der Waals surface area contributed by atoms with E-state index in [0.29, 0.717) is 16.7 Å². The van der Waals surface area contributed by atoms with Crippen LogP contribution in [0.4, 0.5) is 0 Å². The molecule has 0 saturated carbocycles. The normalized spacial score (nSPS) is 10.8. The van der Waals surface area contributed by atoms with Gasteiger partial charge in [-0.3, -0.25) is 0 Å². The molecule has 3 nitrogen and oxygen atoms in total. The van der Waals surface area contributed by atoms with Crippen LogP contribution in [0.2, 0.25) is 5.15 Å². The second-order valence-corrected chi connectivity index (χ2v) is 3.72. The number of pyridine rings is 1. The zero-order valence-electron chi connectivity index (χ0n) is 8.22. The molecule has 0 N–H and O–H groups in total. The van der Waals surface area contributed by atoms with Crippen LogP contribution in [0, 0.1) is 0 Å². The molecule has 0 fully saturated rings. The Morgan fingerprint density at radius 2 is 1.81 bits per heavy atom. The molecule has 2 aromatic heterocycles. The number of rotatable bonds is 1. The van der Waals surface area contributed by atoms with Crippen molar-refractivity contribution in [3.63, 3.8) is 0 Å². The van der Waals surface area contributed by atoms with Crippen molar-refractivity contribution in [1.82, 2.24) is 9.97 Å². The molecular weight excluding hydrogens is 224 g/mol. The van der Waals surface area contributed by atoms with Crippen LogP contribution in [0.3, 0.4) is 0 Å². The van der Waals surface area contributed by atoms with Gasteiger partial charge in [-0.2, -0.15) is 0 Å². The Kier molecular flexibility index (Phi) is 2.11. The van der Waals surface area contributed by atoms with E-state index in [4.69, 9.17) is 16.0 Å². The summed E-state index contributed by atoms with van der Waals surface area (Å²) in [5.74, 6) is 0.490. The van der Waals surface area contributed by atoms with Gasteiger partial charge in [0.05, 0.1) is 0 Å². The van der Waals surface area contributed by atoms with E-state index < -0.39 is 0 Å². The fourth-order valence-electron chi connectivity index (χ4n) is 1.51. The summed E-state index contributed by atoms with van der Waals surface area (Å²) in [5, 5.41) is 0.430. The molecular formula is C12H7ClN2O. The Balaban J connectivity index is 2.19. The number of oxazole rings is 1. The maximum atomic E-state index is 5.81. The number of para-hydroxylation sites is 2. The highest BCUT2D eigenvalue weighted by atomic mass is 35.5. The van der Waals surface area contributed by atoms with Crippen LogP contribution in [-0.4, -0.2) is 9.97 Å². The topological polar surface area (TPSA) is 38.9 Å². The van der Waals surface area contributed by atoms with Crippen molar-refractivity contribution in [2.24, 2.45) is 0 Å². The van der Waals surface area contributed by atoms with Gasteiger partial charge in [0, 0.05) is 0 Å². The Morgan fingerprint density at radius 3 is 2.62 bits per heavy atom. The summed E-state index contributed by atoms with van der Waals surface area (Å²) in [6, 6.07) is 12.9. The second-order valence-electron chi connectivity index (χ2n) is 3.33. The van der Waals surface area contributed by atoms with Gasteiger partial charge in [-0.05, 0) is 24.3 Å². The lowest BCUT2D eigenvalue weighted by molar-refractivity contribution is 0.617. The number of hydrogen-bond donors (Lipinski definition) is 0. The summed E-state index contributed by atoms with van der Waals surface area (Å²) in [6.45, 7) is 0. The van der Waals surface area contributed by atoms with Crippen LogP contribution in [0.25, 0.3) is 22.7 Å². The highest BCUT2D eigenvalue weighted by molar-refractivity contribution is 6.29. The largest absolute Gasteiger partial charge is 0.435 e. The first-order chi connectivity index (χ1) is 7.83. The van der Waals surface area contributed by atoms with Gasteiger partial charge in [0.15, 0.2) is 5.58 Å². The minimum atomic E-state index is 0.430. The lowest BCUT2D eigenvalue weighted by Crippen LogP contribution is -1.82. The van der Waals surface area contributed by atoms with Crippen LogP contribution in [0.5, 0.6) is 0 Å². The second kappa shape index (κ2) is 3.61. The van der Waals surface area contributed by atoms with E-state index in [1.54, 1.807) is 6.07 Å². The maximum Gasteiger partial charge on any atom is 0.246 e. The molecule has 0 aliphatic heterocycles. The molecule has 0 aliphatic rings. The van der Waals surface area contributed by atoms with Crippen LogP contribution in [0.15, 0.2) is 46.9 Å². The number of hydrogen-bond acceptors (Lipinski definition) is 3. The van der Waals surface area contributed by atoms with Crippen molar-refractivity contribution in [1.29, 1.82) is 0 Å². The van der Waals surface area contributed by atoms with Crippen molar-refractivity contribution < 1.29 is 4.42 Å². The summed E-state index contributed by atoms with van der Waals surface area (Å²) in [4.78, 5) is 8.48. The van der Waals surface area contributed by atoms with Crippen LogP contribution >= 0.6 is 11.6 Å². The highest BCUT2D eigenvalue weighted by Crippen LogP contribution is 2.23. The van der Waals surface area contributed by atoms with E-state index >= 15 is 0 Å². The van der Waals surface area contributed by atoms with Gasteiger partial charge in [0.2, 0.25) is 5.89 Å². The summed E-state index contributed by atoms with van der Waals surface area (Å²) < 4.78 is 5.58.